The fraction of sp³-hybridized carbons (Fsp3) is 1.00. The molecule has 0 aromatic rings. The minimum Gasteiger partial charge on any atom is -0.316 e. The summed E-state index contributed by atoms with van der Waals surface area (Å²) in [5.41, 5.74) is 0. The molecule has 1 unspecified atom stereocenters. The SMILES string of the molecule is CC(C)CNCCC(C)N(CC(C)C)C1CCCC1. The molecule has 0 amide bonds. The minimum atomic E-state index is 0.727. The van der Waals surface area contributed by atoms with Crippen LogP contribution in [0.1, 0.15) is 66.7 Å². The quantitative estimate of drug-likeness (QED) is 0.638. The third-order valence-corrected chi connectivity index (χ3v) is 4.23. The van der Waals surface area contributed by atoms with E-state index in [2.05, 4.69) is 44.8 Å². The molecule has 0 heterocycles. The van der Waals surface area contributed by atoms with Gasteiger partial charge in [0.25, 0.3) is 0 Å². The van der Waals surface area contributed by atoms with Crippen molar-refractivity contribution in [2.45, 2.75) is 78.8 Å². The minimum absolute atomic E-state index is 0.727. The average molecular weight is 268 g/mol. The van der Waals surface area contributed by atoms with E-state index in [1.54, 1.807) is 0 Å². The van der Waals surface area contributed by atoms with E-state index in [0.717, 1.165) is 30.5 Å². The zero-order valence-electron chi connectivity index (χ0n) is 13.9. The molecule has 2 nitrogen and oxygen atoms in total. The largest absolute Gasteiger partial charge is 0.316 e. The van der Waals surface area contributed by atoms with Gasteiger partial charge >= 0.3 is 0 Å². The van der Waals surface area contributed by atoms with Crippen LogP contribution in [0.25, 0.3) is 0 Å². The Morgan fingerprint density at radius 3 is 2.16 bits per heavy atom. The van der Waals surface area contributed by atoms with Gasteiger partial charge in [-0.25, -0.2) is 0 Å². The molecule has 1 atom stereocenters. The fourth-order valence-corrected chi connectivity index (χ4v) is 3.21. The molecule has 19 heavy (non-hydrogen) atoms. The summed E-state index contributed by atoms with van der Waals surface area (Å²) in [7, 11) is 0. The zero-order chi connectivity index (χ0) is 14.3. The summed E-state index contributed by atoms with van der Waals surface area (Å²) < 4.78 is 0. The van der Waals surface area contributed by atoms with Gasteiger partial charge in [-0.15, -0.1) is 0 Å². The van der Waals surface area contributed by atoms with Crippen molar-refractivity contribution < 1.29 is 0 Å². The lowest BCUT2D eigenvalue weighted by Gasteiger charge is -2.36. The van der Waals surface area contributed by atoms with Crippen LogP contribution in [0.2, 0.25) is 0 Å². The van der Waals surface area contributed by atoms with Crippen LogP contribution < -0.4 is 5.32 Å². The summed E-state index contributed by atoms with van der Waals surface area (Å²) in [5.74, 6) is 1.54. The van der Waals surface area contributed by atoms with Crippen LogP contribution in [0.3, 0.4) is 0 Å². The van der Waals surface area contributed by atoms with Crippen molar-refractivity contribution in [1.82, 2.24) is 10.2 Å². The second kappa shape index (κ2) is 8.97. The molecule has 0 bridgehead atoms. The molecule has 1 aliphatic rings. The summed E-state index contributed by atoms with van der Waals surface area (Å²) in [6.45, 7) is 15.3. The van der Waals surface area contributed by atoms with Crippen molar-refractivity contribution in [1.29, 1.82) is 0 Å². The first kappa shape index (κ1) is 17.0. The topological polar surface area (TPSA) is 15.3 Å². The molecular formula is C17H36N2. The number of nitrogens with zero attached hydrogens (tertiary/aromatic N) is 1. The predicted molar refractivity (Wildman–Crippen MR) is 85.6 cm³/mol. The van der Waals surface area contributed by atoms with E-state index in [0.29, 0.717) is 0 Å². The molecule has 114 valence electrons. The second-order valence-corrected chi connectivity index (χ2v) is 7.26. The third-order valence-electron chi connectivity index (χ3n) is 4.23. The highest BCUT2D eigenvalue weighted by Crippen LogP contribution is 2.26. The predicted octanol–water partition coefficient (Wildman–Crippen LogP) is 3.91. The van der Waals surface area contributed by atoms with E-state index in [1.807, 2.05) is 0 Å². The summed E-state index contributed by atoms with van der Waals surface area (Å²) in [4.78, 5) is 2.80. The van der Waals surface area contributed by atoms with Crippen LogP contribution in [-0.4, -0.2) is 36.6 Å². The Labute approximate surface area is 121 Å². The number of rotatable bonds is 9. The number of hydrogen-bond donors (Lipinski definition) is 1. The van der Waals surface area contributed by atoms with Crippen LogP contribution in [0.4, 0.5) is 0 Å². The molecule has 1 saturated carbocycles. The van der Waals surface area contributed by atoms with Crippen molar-refractivity contribution in [2.75, 3.05) is 19.6 Å². The van der Waals surface area contributed by atoms with Gasteiger partial charge in [-0.3, -0.25) is 4.90 Å². The van der Waals surface area contributed by atoms with Crippen LogP contribution in [0.5, 0.6) is 0 Å². The lowest BCUT2D eigenvalue weighted by atomic mass is 10.1. The summed E-state index contributed by atoms with van der Waals surface area (Å²) in [6, 6.07) is 1.59. The molecule has 0 aromatic carbocycles. The number of hydrogen-bond acceptors (Lipinski definition) is 2. The Morgan fingerprint density at radius 1 is 1.00 bits per heavy atom. The van der Waals surface area contributed by atoms with Crippen molar-refractivity contribution >= 4 is 0 Å². The van der Waals surface area contributed by atoms with Gasteiger partial charge in [-0.2, -0.15) is 0 Å². The molecule has 1 aliphatic carbocycles. The highest BCUT2D eigenvalue weighted by Gasteiger charge is 2.26. The van der Waals surface area contributed by atoms with Gasteiger partial charge in [-0.05, 0) is 51.1 Å². The zero-order valence-corrected chi connectivity index (χ0v) is 13.9. The Balaban J connectivity index is 2.35. The highest BCUT2D eigenvalue weighted by atomic mass is 15.2. The molecular weight excluding hydrogens is 232 g/mol. The smallest absolute Gasteiger partial charge is 0.00981 e. The van der Waals surface area contributed by atoms with Crippen LogP contribution in [0, 0.1) is 11.8 Å². The Morgan fingerprint density at radius 2 is 1.63 bits per heavy atom. The maximum atomic E-state index is 3.59. The molecule has 1 N–H and O–H groups in total. The third kappa shape index (κ3) is 6.76. The van der Waals surface area contributed by atoms with E-state index in [1.165, 1.54) is 45.2 Å². The van der Waals surface area contributed by atoms with Gasteiger partial charge in [0.15, 0.2) is 0 Å². The standard InChI is InChI=1S/C17H36N2/c1-14(2)12-18-11-10-16(5)19(13-15(3)4)17-8-6-7-9-17/h14-18H,6-13H2,1-5H3. The molecule has 0 radical (unpaired) electrons. The van der Waals surface area contributed by atoms with Crippen molar-refractivity contribution in [3.05, 3.63) is 0 Å². The van der Waals surface area contributed by atoms with E-state index < -0.39 is 0 Å². The molecule has 1 rings (SSSR count). The van der Waals surface area contributed by atoms with Gasteiger partial charge < -0.3 is 5.32 Å². The monoisotopic (exact) mass is 268 g/mol. The molecule has 0 aromatic heterocycles. The molecule has 0 spiro atoms. The molecule has 0 saturated heterocycles. The van der Waals surface area contributed by atoms with Crippen molar-refractivity contribution in [2.24, 2.45) is 11.8 Å². The lowest BCUT2D eigenvalue weighted by Crippen LogP contribution is -2.44. The number of nitrogens with one attached hydrogen (secondary N) is 1. The summed E-state index contributed by atoms with van der Waals surface area (Å²) >= 11 is 0. The van der Waals surface area contributed by atoms with Crippen molar-refractivity contribution in [3.63, 3.8) is 0 Å². The fourth-order valence-electron chi connectivity index (χ4n) is 3.21. The normalized spacial score (nSPS) is 18.9. The van der Waals surface area contributed by atoms with Crippen LogP contribution in [-0.2, 0) is 0 Å². The van der Waals surface area contributed by atoms with Gasteiger partial charge in [0.1, 0.15) is 0 Å². The second-order valence-electron chi connectivity index (χ2n) is 7.26. The van der Waals surface area contributed by atoms with Gasteiger partial charge in [0, 0.05) is 18.6 Å². The lowest BCUT2D eigenvalue weighted by molar-refractivity contribution is 0.121. The first-order valence-electron chi connectivity index (χ1n) is 8.47. The maximum absolute atomic E-state index is 3.59. The van der Waals surface area contributed by atoms with Crippen LogP contribution >= 0.6 is 0 Å². The van der Waals surface area contributed by atoms with E-state index in [-0.39, 0.29) is 0 Å². The van der Waals surface area contributed by atoms with Crippen LogP contribution in [0.15, 0.2) is 0 Å². The van der Waals surface area contributed by atoms with E-state index >= 15 is 0 Å². The maximum Gasteiger partial charge on any atom is 0.00981 e. The van der Waals surface area contributed by atoms with Gasteiger partial charge in [0.05, 0.1) is 0 Å². The Hall–Kier alpha value is -0.0800. The first-order valence-corrected chi connectivity index (χ1v) is 8.47. The first-order chi connectivity index (χ1) is 9.00. The van der Waals surface area contributed by atoms with Gasteiger partial charge in [0.2, 0.25) is 0 Å². The molecule has 0 aliphatic heterocycles. The average Bonchev–Trinajstić information content (AvgIpc) is 2.84. The molecule has 2 heteroatoms. The Kier molecular flexibility index (Phi) is 8.01. The molecule has 1 fully saturated rings. The van der Waals surface area contributed by atoms with Crippen molar-refractivity contribution in [3.8, 4) is 0 Å². The Bertz CT molecular complexity index is 219. The highest BCUT2D eigenvalue weighted by molar-refractivity contribution is 4.82. The summed E-state index contributed by atoms with van der Waals surface area (Å²) in [5, 5.41) is 3.59. The van der Waals surface area contributed by atoms with Gasteiger partial charge in [-0.1, -0.05) is 40.5 Å². The van der Waals surface area contributed by atoms with E-state index in [4.69, 9.17) is 0 Å². The summed E-state index contributed by atoms with van der Waals surface area (Å²) in [6.07, 6.45) is 7.03. The van der Waals surface area contributed by atoms with E-state index in [9.17, 15) is 0 Å².